The zero-order chi connectivity index (χ0) is 19.9. The van der Waals surface area contributed by atoms with E-state index in [1.807, 2.05) is 6.92 Å². The van der Waals surface area contributed by atoms with Gasteiger partial charge in [-0.1, -0.05) is 12.1 Å². The predicted molar refractivity (Wildman–Crippen MR) is 119 cm³/mol. The molecule has 0 fully saturated rings. The molecule has 156 valence electrons. The molecule has 0 aliphatic heterocycles. The Hall–Kier alpha value is -1.63. The molecule has 28 heavy (non-hydrogen) atoms. The summed E-state index contributed by atoms with van der Waals surface area (Å²) in [7, 11) is -2.07. The lowest BCUT2D eigenvalue weighted by Crippen LogP contribution is -2.44. The fourth-order valence-electron chi connectivity index (χ4n) is 2.33. The predicted octanol–water partition coefficient (Wildman–Crippen LogP) is 1.77. The van der Waals surface area contributed by atoms with Crippen LogP contribution in [-0.2, 0) is 22.2 Å². The number of nitrogens with one attached hydrogen (secondary N) is 3. The first-order valence-electron chi connectivity index (χ1n) is 8.59. The van der Waals surface area contributed by atoms with Gasteiger partial charge < -0.3 is 20.2 Å². The van der Waals surface area contributed by atoms with Gasteiger partial charge >= 0.3 is 0 Å². The average molecular weight is 522 g/mol. The molecule has 4 N–H and O–H groups in total. The molecule has 0 bridgehead atoms. The first-order valence-corrected chi connectivity index (χ1v) is 10.1. The minimum absolute atomic E-state index is 0. The number of sulfonamides is 1. The van der Waals surface area contributed by atoms with E-state index in [4.69, 9.17) is 4.42 Å². The smallest absolute Gasteiger partial charge is 0.240 e. The molecule has 0 amide bonds. The number of hydrogen-bond donors (Lipinski definition) is 4. The van der Waals surface area contributed by atoms with Crippen molar-refractivity contribution < 1.29 is 17.9 Å². The van der Waals surface area contributed by atoms with Crippen molar-refractivity contribution in [1.29, 1.82) is 0 Å². The van der Waals surface area contributed by atoms with Gasteiger partial charge in [0.2, 0.25) is 10.0 Å². The summed E-state index contributed by atoms with van der Waals surface area (Å²) in [6.07, 6.45) is 1.51. The lowest BCUT2D eigenvalue weighted by Gasteiger charge is -2.22. The molecular weight excluding hydrogens is 495 g/mol. The largest absolute Gasteiger partial charge is 0.466 e. The van der Waals surface area contributed by atoms with Crippen molar-refractivity contribution in [3.63, 3.8) is 0 Å². The molecule has 1 unspecified atom stereocenters. The van der Waals surface area contributed by atoms with Crippen LogP contribution in [0, 0.1) is 0 Å². The Morgan fingerprint density at radius 3 is 2.43 bits per heavy atom. The normalized spacial score (nSPS) is 14.1. The maximum Gasteiger partial charge on any atom is 0.240 e. The molecule has 0 saturated heterocycles. The van der Waals surface area contributed by atoms with Crippen LogP contribution in [0.25, 0.3) is 0 Å². The van der Waals surface area contributed by atoms with E-state index in [2.05, 4.69) is 20.3 Å². The third kappa shape index (κ3) is 6.76. The van der Waals surface area contributed by atoms with E-state index in [1.165, 1.54) is 13.3 Å². The number of aliphatic imine (C=N–C) groups is 1. The Bertz CT molecular complexity index is 850. The van der Waals surface area contributed by atoms with Gasteiger partial charge in [-0.05, 0) is 50.7 Å². The van der Waals surface area contributed by atoms with E-state index in [9.17, 15) is 13.5 Å². The summed E-state index contributed by atoms with van der Waals surface area (Å²) in [6.45, 7) is 4.83. The molecule has 10 heteroatoms. The second-order valence-electron chi connectivity index (χ2n) is 6.15. The number of halogens is 1. The molecule has 0 aliphatic carbocycles. The molecule has 0 saturated carbocycles. The number of nitrogens with zero attached hydrogens (tertiary/aromatic N) is 1. The average Bonchev–Trinajstić information content (AvgIpc) is 3.20. The molecule has 1 heterocycles. The van der Waals surface area contributed by atoms with E-state index in [1.54, 1.807) is 43.3 Å². The molecule has 8 nitrogen and oxygen atoms in total. The Balaban J connectivity index is 0.00000392. The molecule has 1 aromatic heterocycles. The van der Waals surface area contributed by atoms with Crippen molar-refractivity contribution in [2.24, 2.45) is 4.99 Å². The van der Waals surface area contributed by atoms with E-state index < -0.39 is 15.6 Å². The molecule has 0 spiro atoms. The fourth-order valence-corrected chi connectivity index (χ4v) is 3.06. The number of benzene rings is 1. The van der Waals surface area contributed by atoms with Crippen LogP contribution >= 0.6 is 24.0 Å². The van der Waals surface area contributed by atoms with Gasteiger partial charge in [0.05, 0.1) is 24.2 Å². The number of guanidine groups is 1. The van der Waals surface area contributed by atoms with Gasteiger partial charge in [-0.3, -0.25) is 0 Å². The van der Waals surface area contributed by atoms with Crippen molar-refractivity contribution in [3.8, 4) is 0 Å². The van der Waals surface area contributed by atoms with Crippen LogP contribution in [0.3, 0.4) is 0 Å². The molecule has 2 aromatic rings. The highest BCUT2D eigenvalue weighted by Crippen LogP contribution is 2.19. The van der Waals surface area contributed by atoms with E-state index in [0.29, 0.717) is 24.8 Å². The Morgan fingerprint density at radius 2 is 1.89 bits per heavy atom. The topological polar surface area (TPSA) is 116 Å². The zero-order valence-electron chi connectivity index (χ0n) is 16.1. The third-order valence-electron chi connectivity index (χ3n) is 3.92. The van der Waals surface area contributed by atoms with Crippen LogP contribution in [-0.4, -0.2) is 39.6 Å². The van der Waals surface area contributed by atoms with Crippen molar-refractivity contribution in [1.82, 2.24) is 15.4 Å². The van der Waals surface area contributed by atoms with Gasteiger partial charge in [-0.15, -0.1) is 24.0 Å². The van der Waals surface area contributed by atoms with Crippen LogP contribution in [0.15, 0.2) is 57.0 Å². The van der Waals surface area contributed by atoms with E-state index in [-0.39, 0.29) is 35.4 Å². The molecule has 0 radical (unpaired) electrons. The van der Waals surface area contributed by atoms with Crippen molar-refractivity contribution >= 4 is 40.0 Å². The van der Waals surface area contributed by atoms with Crippen LogP contribution in [0.1, 0.15) is 25.2 Å². The van der Waals surface area contributed by atoms with Gasteiger partial charge in [0.1, 0.15) is 11.4 Å². The summed E-state index contributed by atoms with van der Waals surface area (Å²) in [5, 5.41) is 16.7. The third-order valence-corrected chi connectivity index (χ3v) is 5.35. The molecule has 0 aliphatic rings. The summed E-state index contributed by atoms with van der Waals surface area (Å²) >= 11 is 0. The zero-order valence-corrected chi connectivity index (χ0v) is 19.2. The minimum atomic E-state index is -3.45. The lowest BCUT2D eigenvalue weighted by atomic mass is 10.0. The van der Waals surface area contributed by atoms with E-state index >= 15 is 0 Å². The Kier molecular flexibility index (Phi) is 9.40. The number of hydrogen-bond acceptors (Lipinski definition) is 5. The fraction of sp³-hybridized carbons (Fsp3) is 0.389. The molecular formula is C18H27IN4O4S. The monoisotopic (exact) mass is 522 g/mol. The molecule has 1 atom stereocenters. The standard InChI is InChI=1S/C18H26N4O4S.HI/c1-4-20-17(22-13-18(2,23)16-6-5-11-26-16)21-12-14-7-9-15(10-8-14)27(24,25)19-3;/h5-11,19,23H,4,12-13H2,1-3H3,(H2,20,21,22);1H. The van der Waals surface area contributed by atoms with Crippen molar-refractivity contribution in [3.05, 3.63) is 54.0 Å². The van der Waals surface area contributed by atoms with Crippen molar-refractivity contribution in [2.75, 3.05) is 20.1 Å². The first-order chi connectivity index (χ1) is 12.8. The molecule has 1 aromatic carbocycles. The molecule has 2 rings (SSSR count). The van der Waals surface area contributed by atoms with Crippen molar-refractivity contribution in [2.45, 2.75) is 30.9 Å². The highest BCUT2D eigenvalue weighted by molar-refractivity contribution is 14.0. The highest BCUT2D eigenvalue weighted by atomic mass is 127. The highest BCUT2D eigenvalue weighted by Gasteiger charge is 2.26. The second kappa shape index (κ2) is 10.8. The van der Waals surface area contributed by atoms with E-state index in [0.717, 1.165) is 5.56 Å². The van der Waals surface area contributed by atoms with Crippen LogP contribution in [0.2, 0.25) is 0 Å². The summed E-state index contributed by atoms with van der Waals surface area (Å²) in [4.78, 5) is 4.67. The summed E-state index contributed by atoms with van der Waals surface area (Å²) in [5.74, 6) is 1.00. The van der Waals surface area contributed by atoms with Gasteiger partial charge in [0.25, 0.3) is 0 Å². The maximum atomic E-state index is 11.8. The van der Waals surface area contributed by atoms with Gasteiger partial charge in [0.15, 0.2) is 5.96 Å². The summed E-state index contributed by atoms with van der Waals surface area (Å²) < 4.78 is 31.0. The van der Waals surface area contributed by atoms with Crippen LogP contribution in [0.4, 0.5) is 0 Å². The quantitative estimate of drug-likeness (QED) is 0.239. The minimum Gasteiger partial charge on any atom is -0.466 e. The second-order valence-corrected chi connectivity index (χ2v) is 8.04. The summed E-state index contributed by atoms with van der Waals surface area (Å²) in [5.41, 5.74) is -0.317. The van der Waals surface area contributed by atoms with Gasteiger partial charge in [-0.2, -0.15) is 0 Å². The maximum absolute atomic E-state index is 11.8. The number of furan rings is 1. The van der Waals surface area contributed by atoms with Gasteiger partial charge in [0, 0.05) is 6.54 Å². The lowest BCUT2D eigenvalue weighted by molar-refractivity contribution is 0.0386. The SMILES string of the molecule is CCNC(=NCc1ccc(S(=O)(=O)NC)cc1)NCC(C)(O)c1ccco1.I. The van der Waals surface area contributed by atoms with Crippen LogP contribution < -0.4 is 15.4 Å². The Morgan fingerprint density at radius 1 is 1.21 bits per heavy atom. The summed E-state index contributed by atoms with van der Waals surface area (Å²) in [6, 6.07) is 9.96. The Labute approximate surface area is 182 Å². The number of aliphatic hydroxyl groups is 1. The van der Waals surface area contributed by atoms with Crippen LogP contribution in [0.5, 0.6) is 0 Å². The first kappa shape index (κ1) is 24.4. The number of rotatable bonds is 8. The van der Waals surface area contributed by atoms with Gasteiger partial charge in [-0.25, -0.2) is 18.1 Å².